The van der Waals surface area contributed by atoms with Crippen LogP contribution in [0.15, 0.2) is 42.6 Å². The van der Waals surface area contributed by atoms with Crippen molar-refractivity contribution >= 4 is 22.5 Å². The summed E-state index contributed by atoms with van der Waals surface area (Å²) in [6, 6.07) is 7.81. The normalized spacial score (nSPS) is 10.8. The van der Waals surface area contributed by atoms with E-state index in [-0.39, 0.29) is 5.56 Å². The summed E-state index contributed by atoms with van der Waals surface area (Å²) >= 11 is 0. The second-order valence-electron chi connectivity index (χ2n) is 4.45. The van der Waals surface area contributed by atoms with Crippen molar-refractivity contribution in [2.45, 2.75) is 0 Å². The maximum absolute atomic E-state index is 13.5. The van der Waals surface area contributed by atoms with Crippen molar-refractivity contribution in [3.8, 4) is 0 Å². The van der Waals surface area contributed by atoms with E-state index in [1.165, 1.54) is 0 Å². The van der Waals surface area contributed by atoms with Gasteiger partial charge in [-0.1, -0.05) is 12.1 Å². The maximum Gasteiger partial charge on any atom is 0.257 e. The average Bonchev–Trinajstić information content (AvgIpc) is 2.92. The van der Waals surface area contributed by atoms with Crippen LogP contribution in [-0.4, -0.2) is 10.9 Å². The van der Waals surface area contributed by atoms with Gasteiger partial charge in [0.25, 0.3) is 5.91 Å². The van der Waals surface area contributed by atoms with E-state index >= 15 is 0 Å². The van der Waals surface area contributed by atoms with Crippen LogP contribution in [-0.2, 0) is 0 Å². The van der Waals surface area contributed by atoms with Gasteiger partial charge >= 0.3 is 0 Å². The molecule has 6 heteroatoms. The summed E-state index contributed by atoms with van der Waals surface area (Å²) in [5.41, 5.74) is 0.446. The van der Waals surface area contributed by atoms with E-state index in [2.05, 4.69) is 10.3 Å². The van der Waals surface area contributed by atoms with Gasteiger partial charge in [-0.25, -0.2) is 13.2 Å². The van der Waals surface area contributed by atoms with Gasteiger partial charge in [-0.3, -0.25) is 4.79 Å². The topological polar surface area (TPSA) is 44.9 Å². The minimum atomic E-state index is -1.31. The number of fused-ring (bicyclic) bond motifs is 1. The molecule has 3 aromatic rings. The molecule has 0 fully saturated rings. The molecule has 1 aromatic heterocycles. The number of amides is 1. The van der Waals surface area contributed by atoms with Gasteiger partial charge in [-0.05, 0) is 12.1 Å². The molecule has 0 bridgehead atoms. The lowest BCUT2D eigenvalue weighted by Crippen LogP contribution is -2.14. The maximum atomic E-state index is 13.5. The van der Waals surface area contributed by atoms with E-state index in [0.717, 1.165) is 5.39 Å². The number of para-hydroxylation sites is 1. The first-order valence-electron chi connectivity index (χ1n) is 6.08. The first-order chi connectivity index (χ1) is 10.1. The van der Waals surface area contributed by atoms with Gasteiger partial charge in [-0.15, -0.1) is 0 Å². The highest BCUT2D eigenvalue weighted by Gasteiger charge is 2.15. The van der Waals surface area contributed by atoms with Crippen molar-refractivity contribution in [3.63, 3.8) is 0 Å². The summed E-state index contributed by atoms with van der Waals surface area (Å²) in [5.74, 6) is -4.20. The Morgan fingerprint density at radius 2 is 1.76 bits per heavy atom. The van der Waals surface area contributed by atoms with E-state index in [1.54, 1.807) is 30.5 Å². The van der Waals surface area contributed by atoms with Gasteiger partial charge in [0.2, 0.25) is 0 Å². The summed E-state index contributed by atoms with van der Waals surface area (Å²) in [6.07, 6.45) is 1.67. The van der Waals surface area contributed by atoms with Gasteiger partial charge in [-0.2, -0.15) is 0 Å². The highest BCUT2D eigenvalue weighted by atomic mass is 19.2. The molecule has 2 aromatic carbocycles. The van der Waals surface area contributed by atoms with Crippen LogP contribution >= 0.6 is 0 Å². The fraction of sp³-hybridized carbons (Fsp3) is 0. The number of hydrogen-bond donors (Lipinski definition) is 2. The molecule has 0 aliphatic rings. The Hall–Kier alpha value is -2.76. The molecule has 0 spiro atoms. The number of hydrogen-bond acceptors (Lipinski definition) is 1. The van der Waals surface area contributed by atoms with Crippen LogP contribution in [0.5, 0.6) is 0 Å². The summed E-state index contributed by atoms with van der Waals surface area (Å²) in [7, 11) is 0. The zero-order chi connectivity index (χ0) is 15.0. The molecule has 3 nitrogen and oxygen atoms in total. The molecule has 1 heterocycles. The quantitative estimate of drug-likeness (QED) is 0.692. The van der Waals surface area contributed by atoms with Gasteiger partial charge in [0.15, 0.2) is 11.6 Å². The monoisotopic (exact) mass is 290 g/mol. The zero-order valence-corrected chi connectivity index (χ0v) is 10.6. The third kappa shape index (κ3) is 2.35. The van der Waals surface area contributed by atoms with Crippen molar-refractivity contribution in [2.75, 3.05) is 5.32 Å². The number of anilines is 1. The molecular weight excluding hydrogens is 281 g/mol. The van der Waals surface area contributed by atoms with Crippen molar-refractivity contribution < 1.29 is 18.0 Å². The number of H-pyrrole nitrogens is 1. The predicted molar refractivity (Wildman–Crippen MR) is 72.6 cm³/mol. The van der Waals surface area contributed by atoms with Crippen molar-refractivity contribution in [3.05, 3.63) is 65.6 Å². The Bertz CT molecular complexity index is 842. The molecule has 0 saturated carbocycles. The molecule has 3 rings (SSSR count). The number of rotatable bonds is 2. The van der Waals surface area contributed by atoms with E-state index in [0.29, 0.717) is 17.6 Å². The fourth-order valence-electron chi connectivity index (χ4n) is 2.08. The molecule has 0 aliphatic carbocycles. The highest BCUT2D eigenvalue weighted by molar-refractivity contribution is 6.12. The SMILES string of the molecule is O=C(Nc1cc(F)c(F)cc1F)c1cccc2cc[nH]c12. The first-order valence-corrected chi connectivity index (χ1v) is 6.08. The molecule has 0 saturated heterocycles. The molecule has 0 aliphatic heterocycles. The smallest absolute Gasteiger partial charge is 0.257 e. The van der Waals surface area contributed by atoms with Crippen LogP contribution in [0, 0.1) is 17.5 Å². The largest absolute Gasteiger partial charge is 0.361 e. The third-order valence-electron chi connectivity index (χ3n) is 3.09. The molecule has 21 heavy (non-hydrogen) atoms. The Labute approximate surface area is 117 Å². The Morgan fingerprint density at radius 1 is 1.00 bits per heavy atom. The van der Waals surface area contributed by atoms with Crippen molar-refractivity contribution in [1.29, 1.82) is 0 Å². The second kappa shape index (κ2) is 4.97. The highest BCUT2D eigenvalue weighted by Crippen LogP contribution is 2.21. The van der Waals surface area contributed by atoms with Gasteiger partial charge in [0.1, 0.15) is 5.82 Å². The molecule has 106 valence electrons. The Kier molecular flexibility index (Phi) is 3.13. The first kappa shape index (κ1) is 13.2. The number of carbonyl (C=O) groups is 1. The van der Waals surface area contributed by atoms with Crippen molar-refractivity contribution in [1.82, 2.24) is 4.98 Å². The number of halogens is 3. The molecular formula is C15H9F3N2O. The summed E-state index contributed by atoms with van der Waals surface area (Å²) in [5, 5.41) is 3.05. The lowest BCUT2D eigenvalue weighted by Gasteiger charge is -2.08. The number of carbonyl (C=O) groups excluding carboxylic acids is 1. The average molecular weight is 290 g/mol. The van der Waals surface area contributed by atoms with E-state index in [9.17, 15) is 18.0 Å². The van der Waals surface area contributed by atoms with Crippen LogP contribution in [0.3, 0.4) is 0 Å². The molecule has 2 N–H and O–H groups in total. The zero-order valence-electron chi connectivity index (χ0n) is 10.6. The standard InChI is InChI=1S/C15H9F3N2O/c16-10-6-12(18)13(7-11(10)17)20-15(21)9-3-1-2-8-4-5-19-14(8)9/h1-7,19H,(H,20,21). The van der Waals surface area contributed by atoms with Gasteiger partial charge in [0.05, 0.1) is 16.8 Å². The van der Waals surface area contributed by atoms with Crippen LogP contribution in [0.4, 0.5) is 18.9 Å². The van der Waals surface area contributed by atoms with Gasteiger partial charge < -0.3 is 10.3 Å². The van der Waals surface area contributed by atoms with Crippen LogP contribution in [0.1, 0.15) is 10.4 Å². The van der Waals surface area contributed by atoms with Crippen LogP contribution < -0.4 is 5.32 Å². The minimum absolute atomic E-state index is 0.279. The molecule has 1 amide bonds. The minimum Gasteiger partial charge on any atom is -0.361 e. The van der Waals surface area contributed by atoms with E-state index in [4.69, 9.17) is 0 Å². The summed E-state index contributed by atoms with van der Waals surface area (Å²) in [4.78, 5) is 15.1. The number of aromatic amines is 1. The third-order valence-corrected chi connectivity index (χ3v) is 3.09. The fourth-order valence-corrected chi connectivity index (χ4v) is 2.08. The van der Waals surface area contributed by atoms with E-state index in [1.807, 2.05) is 0 Å². The summed E-state index contributed by atoms with van der Waals surface area (Å²) < 4.78 is 39.5. The number of benzene rings is 2. The Morgan fingerprint density at radius 3 is 2.57 bits per heavy atom. The lowest BCUT2D eigenvalue weighted by atomic mass is 10.1. The second-order valence-corrected chi connectivity index (χ2v) is 4.45. The number of aromatic nitrogens is 1. The molecule has 0 unspecified atom stereocenters. The molecule has 0 atom stereocenters. The Balaban J connectivity index is 1.97. The predicted octanol–water partition coefficient (Wildman–Crippen LogP) is 3.84. The lowest BCUT2D eigenvalue weighted by molar-refractivity contribution is 0.102. The van der Waals surface area contributed by atoms with Crippen LogP contribution in [0.25, 0.3) is 10.9 Å². The molecule has 0 radical (unpaired) electrons. The van der Waals surface area contributed by atoms with Crippen molar-refractivity contribution in [2.24, 2.45) is 0 Å². The van der Waals surface area contributed by atoms with Gasteiger partial charge in [0, 0.05) is 23.7 Å². The van der Waals surface area contributed by atoms with Crippen LogP contribution in [0.2, 0.25) is 0 Å². The summed E-state index contributed by atoms with van der Waals surface area (Å²) in [6.45, 7) is 0. The number of nitrogens with one attached hydrogen (secondary N) is 2. The van der Waals surface area contributed by atoms with E-state index < -0.39 is 29.0 Å².